The van der Waals surface area contributed by atoms with Gasteiger partial charge >= 0.3 is 5.97 Å². The minimum Gasteiger partial charge on any atom is -0.483 e. The number of ether oxygens (including phenoxy) is 2. The van der Waals surface area contributed by atoms with Crippen molar-refractivity contribution in [3.8, 4) is 5.75 Å². The summed E-state index contributed by atoms with van der Waals surface area (Å²) in [4.78, 5) is 25.9. The van der Waals surface area contributed by atoms with Crippen LogP contribution in [0.5, 0.6) is 5.75 Å². The molecule has 1 aromatic carbocycles. The van der Waals surface area contributed by atoms with E-state index in [-0.39, 0.29) is 18.5 Å². The number of hydrogen-bond donors (Lipinski definition) is 1. The van der Waals surface area contributed by atoms with Gasteiger partial charge in [-0.25, -0.2) is 4.79 Å². The second kappa shape index (κ2) is 8.86. The average molecular weight is 385 g/mol. The molecule has 0 aliphatic heterocycles. The minimum atomic E-state index is -0.371. The number of para-hydroxylation sites is 1. The van der Waals surface area contributed by atoms with Crippen molar-refractivity contribution in [3.63, 3.8) is 0 Å². The first kappa shape index (κ1) is 19.2. The first-order valence-corrected chi connectivity index (χ1v) is 9.88. The second-order valence-corrected chi connectivity index (χ2v) is 7.32. The zero-order valence-corrected chi connectivity index (χ0v) is 16.2. The van der Waals surface area contributed by atoms with Gasteiger partial charge in [-0.05, 0) is 49.8 Å². The Bertz CT molecular complexity index is 856. The summed E-state index contributed by atoms with van der Waals surface area (Å²) >= 11 is 1.46. The highest BCUT2D eigenvalue weighted by molar-refractivity contribution is 7.17. The third-order valence-electron chi connectivity index (χ3n) is 4.35. The van der Waals surface area contributed by atoms with Gasteiger partial charge in [0.2, 0.25) is 0 Å². The molecule has 0 unspecified atom stereocenters. The molecule has 5 nitrogen and oxygen atoms in total. The predicted octanol–water partition coefficient (Wildman–Crippen LogP) is 4.16. The number of benzene rings is 1. The molecule has 2 aromatic rings. The maximum absolute atomic E-state index is 12.4. The molecule has 1 aromatic heterocycles. The molecule has 3 rings (SSSR count). The molecule has 0 saturated heterocycles. The molecule has 1 N–H and O–H groups in total. The smallest absolute Gasteiger partial charge is 0.341 e. The van der Waals surface area contributed by atoms with Gasteiger partial charge in [0, 0.05) is 4.88 Å². The van der Waals surface area contributed by atoms with E-state index in [1.165, 1.54) is 11.3 Å². The fourth-order valence-electron chi connectivity index (χ4n) is 3.19. The molecule has 0 spiro atoms. The largest absolute Gasteiger partial charge is 0.483 e. The summed E-state index contributed by atoms with van der Waals surface area (Å²) in [5.41, 5.74) is 2.50. The number of hydrogen-bond acceptors (Lipinski definition) is 5. The lowest BCUT2D eigenvalue weighted by Crippen LogP contribution is -2.21. The van der Waals surface area contributed by atoms with Crippen LogP contribution in [0.1, 0.15) is 39.7 Å². The topological polar surface area (TPSA) is 64.6 Å². The molecule has 0 atom stereocenters. The number of carbonyl (C=O) groups is 2. The Hall–Kier alpha value is -2.60. The molecular weight excluding hydrogens is 362 g/mol. The highest BCUT2D eigenvalue weighted by Crippen LogP contribution is 2.39. The van der Waals surface area contributed by atoms with Gasteiger partial charge < -0.3 is 14.8 Å². The molecule has 142 valence electrons. The van der Waals surface area contributed by atoms with E-state index in [0.717, 1.165) is 35.3 Å². The van der Waals surface area contributed by atoms with Crippen LogP contribution < -0.4 is 10.1 Å². The molecule has 0 saturated carbocycles. The lowest BCUT2D eigenvalue weighted by Gasteiger charge is -2.11. The molecule has 27 heavy (non-hydrogen) atoms. The van der Waals surface area contributed by atoms with E-state index < -0.39 is 0 Å². The number of esters is 1. The SMILES string of the molecule is C=CCc1ccccc1OCC(=O)Nc1sc2c(c1C(=O)OCC)CCC2. The van der Waals surface area contributed by atoms with Crippen molar-refractivity contribution >= 4 is 28.2 Å². The molecule has 1 aliphatic rings. The van der Waals surface area contributed by atoms with E-state index in [0.29, 0.717) is 29.3 Å². The Morgan fingerprint density at radius 3 is 2.89 bits per heavy atom. The number of allylic oxidation sites excluding steroid dienone is 1. The Morgan fingerprint density at radius 2 is 2.11 bits per heavy atom. The van der Waals surface area contributed by atoms with E-state index in [1.807, 2.05) is 24.3 Å². The van der Waals surface area contributed by atoms with Gasteiger partial charge in [-0.15, -0.1) is 17.9 Å². The van der Waals surface area contributed by atoms with Crippen molar-refractivity contribution in [1.82, 2.24) is 0 Å². The van der Waals surface area contributed by atoms with Gasteiger partial charge in [-0.3, -0.25) is 4.79 Å². The second-order valence-electron chi connectivity index (χ2n) is 6.22. The fraction of sp³-hybridized carbons (Fsp3) is 0.333. The van der Waals surface area contributed by atoms with E-state index in [2.05, 4.69) is 11.9 Å². The highest BCUT2D eigenvalue weighted by atomic mass is 32.1. The van der Waals surface area contributed by atoms with Crippen LogP contribution in [0.3, 0.4) is 0 Å². The Balaban J connectivity index is 1.70. The zero-order valence-electron chi connectivity index (χ0n) is 15.4. The Kier molecular flexibility index (Phi) is 6.29. The number of fused-ring (bicyclic) bond motifs is 1. The number of carbonyl (C=O) groups excluding carboxylic acids is 2. The Morgan fingerprint density at radius 1 is 1.30 bits per heavy atom. The summed E-state index contributed by atoms with van der Waals surface area (Å²) in [6.07, 6.45) is 5.28. The number of aryl methyl sites for hydroxylation is 1. The molecule has 1 aliphatic carbocycles. The highest BCUT2D eigenvalue weighted by Gasteiger charge is 2.28. The van der Waals surface area contributed by atoms with Crippen LogP contribution >= 0.6 is 11.3 Å². The summed E-state index contributed by atoms with van der Waals surface area (Å²) in [5.74, 6) is -0.00911. The standard InChI is InChI=1S/C21H23NO4S/c1-3-8-14-9-5-6-11-16(14)26-13-18(23)22-20-19(21(24)25-4-2)15-10-7-12-17(15)27-20/h3,5-6,9,11H,1,4,7-8,10,12-13H2,2H3,(H,22,23). The van der Waals surface area contributed by atoms with Crippen molar-refractivity contribution in [2.24, 2.45) is 0 Å². The monoisotopic (exact) mass is 385 g/mol. The summed E-state index contributed by atoms with van der Waals surface area (Å²) < 4.78 is 10.9. The van der Waals surface area contributed by atoms with Crippen molar-refractivity contribution in [1.29, 1.82) is 0 Å². The number of anilines is 1. The lowest BCUT2D eigenvalue weighted by molar-refractivity contribution is -0.118. The third-order valence-corrected chi connectivity index (χ3v) is 5.56. The van der Waals surface area contributed by atoms with Gasteiger partial charge in [0.15, 0.2) is 6.61 Å². The van der Waals surface area contributed by atoms with E-state index in [9.17, 15) is 9.59 Å². The summed E-state index contributed by atoms with van der Waals surface area (Å²) in [6.45, 7) is 5.69. The van der Waals surface area contributed by atoms with Crippen LogP contribution in [0.4, 0.5) is 5.00 Å². The number of thiophene rings is 1. The zero-order chi connectivity index (χ0) is 19.2. The van der Waals surface area contributed by atoms with Crippen molar-refractivity contribution < 1.29 is 19.1 Å². The van der Waals surface area contributed by atoms with Crippen molar-refractivity contribution in [3.05, 3.63) is 58.5 Å². The number of nitrogens with one attached hydrogen (secondary N) is 1. The molecule has 1 amide bonds. The summed E-state index contributed by atoms with van der Waals surface area (Å²) in [5, 5.41) is 3.40. The summed E-state index contributed by atoms with van der Waals surface area (Å²) in [7, 11) is 0. The third kappa shape index (κ3) is 4.39. The average Bonchev–Trinajstić information content (AvgIpc) is 3.22. The maximum Gasteiger partial charge on any atom is 0.341 e. The van der Waals surface area contributed by atoms with Crippen LogP contribution in [-0.4, -0.2) is 25.1 Å². The van der Waals surface area contributed by atoms with E-state index in [4.69, 9.17) is 9.47 Å². The maximum atomic E-state index is 12.4. The van der Waals surface area contributed by atoms with Gasteiger partial charge in [-0.1, -0.05) is 24.3 Å². The lowest BCUT2D eigenvalue weighted by atomic mass is 10.1. The first-order valence-electron chi connectivity index (χ1n) is 9.07. The molecule has 6 heteroatoms. The van der Waals surface area contributed by atoms with Crippen LogP contribution in [-0.2, 0) is 28.8 Å². The van der Waals surface area contributed by atoms with Crippen LogP contribution in [0.15, 0.2) is 36.9 Å². The van der Waals surface area contributed by atoms with Gasteiger partial charge in [0.05, 0.1) is 12.2 Å². The molecule has 0 fully saturated rings. The van der Waals surface area contributed by atoms with Crippen LogP contribution in [0, 0.1) is 0 Å². The predicted molar refractivity (Wildman–Crippen MR) is 107 cm³/mol. The number of rotatable bonds is 8. The van der Waals surface area contributed by atoms with Gasteiger partial charge in [0.25, 0.3) is 5.91 Å². The molecule has 1 heterocycles. The number of amides is 1. The van der Waals surface area contributed by atoms with Crippen LogP contribution in [0.25, 0.3) is 0 Å². The minimum absolute atomic E-state index is 0.126. The molecular formula is C21H23NO4S. The Labute approximate surface area is 163 Å². The van der Waals surface area contributed by atoms with Crippen molar-refractivity contribution in [2.75, 3.05) is 18.5 Å². The van der Waals surface area contributed by atoms with Crippen LogP contribution in [0.2, 0.25) is 0 Å². The summed E-state index contributed by atoms with van der Waals surface area (Å²) in [6, 6.07) is 7.56. The van der Waals surface area contributed by atoms with Gasteiger partial charge in [-0.2, -0.15) is 0 Å². The van der Waals surface area contributed by atoms with E-state index >= 15 is 0 Å². The fourth-order valence-corrected chi connectivity index (χ4v) is 4.48. The molecule has 0 radical (unpaired) electrons. The normalized spacial score (nSPS) is 12.3. The quantitative estimate of drug-likeness (QED) is 0.547. The molecule has 0 bridgehead atoms. The van der Waals surface area contributed by atoms with E-state index in [1.54, 1.807) is 13.0 Å². The van der Waals surface area contributed by atoms with Gasteiger partial charge in [0.1, 0.15) is 10.8 Å². The first-order chi connectivity index (χ1) is 13.1. The van der Waals surface area contributed by atoms with Crippen molar-refractivity contribution in [2.45, 2.75) is 32.6 Å².